The summed E-state index contributed by atoms with van der Waals surface area (Å²) < 4.78 is 5.57. The average Bonchev–Trinajstić information content (AvgIpc) is 2.72. The molecule has 4 rings (SSSR count). The standard InChI is InChI=1S/C23H22ClNO4/c24-21-10-9-16(13-20(21)22(26)27)17-11-18-7-4-8-19(12-17)25(18)23(28)29-14-15-5-2-1-3-6-15/h1-3,5-6,9-11,13,18-19H,4,7-8,12,14H2,(H,26,27). The second kappa shape index (κ2) is 8.29. The minimum absolute atomic E-state index is 0.0373. The van der Waals surface area contributed by atoms with Gasteiger partial charge in [-0.3, -0.25) is 4.90 Å². The molecule has 0 spiro atoms. The Morgan fingerprint density at radius 3 is 2.66 bits per heavy atom. The van der Waals surface area contributed by atoms with E-state index in [9.17, 15) is 14.7 Å². The molecule has 1 saturated heterocycles. The summed E-state index contributed by atoms with van der Waals surface area (Å²) in [5, 5.41) is 9.57. The number of hydrogen-bond donors (Lipinski definition) is 1. The summed E-state index contributed by atoms with van der Waals surface area (Å²) in [7, 11) is 0. The van der Waals surface area contributed by atoms with Crippen LogP contribution in [-0.4, -0.2) is 34.2 Å². The molecule has 2 atom stereocenters. The lowest BCUT2D eigenvalue weighted by atomic mass is 9.83. The fourth-order valence-corrected chi connectivity index (χ4v) is 4.41. The summed E-state index contributed by atoms with van der Waals surface area (Å²) in [6.45, 7) is 0.255. The third-order valence-electron chi connectivity index (χ3n) is 5.62. The summed E-state index contributed by atoms with van der Waals surface area (Å²) in [5.41, 5.74) is 2.97. The Balaban J connectivity index is 1.53. The number of carbonyl (C=O) groups is 2. The number of carboxylic acid groups (broad SMARTS) is 1. The number of carboxylic acids is 1. The van der Waals surface area contributed by atoms with Gasteiger partial charge >= 0.3 is 12.1 Å². The highest BCUT2D eigenvalue weighted by molar-refractivity contribution is 6.33. The molecule has 0 radical (unpaired) electrons. The molecule has 0 aromatic heterocycles. The molecule has 29 heavy (non-hydrogen) atoms. The lowest BCUT2D eigenvalue weighted by Crippen LogP contribution is -2.51. The highest BCUT2D eigenvalue weighted by Crippen LogP contribution is 2.38. The van der Waals surface area contributed by atoms with Crippen molar-refractivity contribution in [1.82, 2.24) is 4.90 Å². The molecule has 1 fully saturated rings. The van der Waals surface area contributed by atoms with Gasteiger partial charge in [-0.25, -0.2) is 9.59 Å². The van der Waals surface area contributed by atoms with Crippen LogP contribution in [0.1, 0.15) is 47.2 Å². The molecule has 5 nitrogen and oxygen atoms in total. The smallest absolute Gasteiger partial charge is 0.410 e. The number of ether oxygens (including phenoxy) is 1. The van der Waals surface area contributed by atoms with Crippen LogP contribution in [0.4, 0.5) is 4.79 Å². The largest absolute Gasteiger partial charge is 0.478 e. The zero-order valence-electron chi connectivity index (χ0n) is 15.9. The number of benzene rings is 2. The minimum atomic E-state index is -1.04. The Morgan fingerprint density at radius 1 is 1.14 bits per heavy atom. The van der Waals surface area contributed by atoms with E-state index >= 15 is 0 Å². The summed E-state index contributed by atoms with van der Waals surface area (Å²) in [5.74, 6) is -1.04. The molecule has 2 bridgehead atoms. The van der Waals surface area contributed by atoms with Gasteiger partial charge in [0.1, 0.15) is 6.61 Å². The van der Waals surface area contributed by atoms with Crippen LogP contribution in [0, 0.1) is 0 Å². The number of fused-ring (bicyclic) bond motifs is 2. The van der Waals surface area contributed by atoms with E-state index in [2.05, 4.69) is 6.08 Å². The molecule has 6 heteroatoms. The van der Waals surface area contributed by atoms with Crippen molar-refractivity contribution >= 4 is 29.2 Å². The van der Waals surface area contributed by atoms with Crippen LogP contribution >= 0.6 is 11.6 Å². The Hall–Kier alpha value is -2.79. The Morgan fingerprint density at radius 2 is 1.93 bits per heavy atom. The van der Waals surface area contributed by atoms with Crippen molar-refractivity contribution < 1.29 is 19.4 Å². The lowest BCUT2D eigenvalue weighted by molar-refractivity contribution is 0.0510. The van der Waals surface area contributed by atoms with Crippen molar-refractivity contribution in [2.75, 3.05) is 0 Å². The van der Waals surface area contributed by atoms with E-state index in [-0.39, 0.29) is 35.4 Å². The number of amides is 1. The molecule has 0 saturated carbocycles. The molecule has 2 aromatic rings. The molecular formula is C23H22ClNO4. The normalized spacial score (nSPS) is 20.7. The third-order valence-corrected chi connectivity index (χ3v) is 5.95. The first-order valence-electron chi connectivity index (χ1n) is 9.76. The second-order valence-electron chi connectivity index (χ2n) is 7.50. The van der Waals surface area contributed by atoms with E-state index in [0.29, 0.717) is 6.42 Å². The predicted octanol–water partition coefficient (Wildman–Crippen LogP) is 5.39. The van der Waals surface area contributed by atoms with Crippen molar-refractivity contribution in [1.29, 1.82) is 0 Å². The number of halogens is 1. The number of rotatable bonds is 4. The van der Waals surface area contributed by atoms with Crippen LogP contribution in [0.25, 0.3) is 5.57 Å². The van der Waals surface area contributed by atoms with Crippen LogP contribution in [0.5, 0.6) is 0 Å². The molecule has 1 amide bonds. The summed E-state index contributed by atoms with van der Waals surface area (Å²) in [6.07, 6.45) is 5.31. The summed E-state index contributed by atoms with van der Waals surface area (Å²) >= 11 is 6.01. The second-order valence-corrected chi connectivity index (χ2v) is 7.90. The third kappa shape index (κ3) is 4.15. The van der Waals surface area contributed by atoms with Gasteiger partial charge in [0.05, 0.1) is 16.6 Å². The van der Waals surface area contributed by atoms with Crippen molar-refractivity contribution in [3.63, 3.8) is 0 Å². The highest BCUT2D eigenvalue weighted by Gasteiger charge is 2.38. The van der Waals surface area contributed by atoms with Crippen molar-refractivity contribution in [2.24, 2.45) is 0 Å². The first-order chi connectivity index (χ1) is 14.0. The van der Waals surface area contributed by atoms with Crippen LogP contribution in [0.3, 0.4) is 0 Å². The molecule has 1 N–H and O–H groups in total. The number of hydrogen-bond acceptors (Lipinski definition) is 3. The van der Waals surface area contributed by atoms with Gasteiger partial charge in [0.25, 0.3) is 0 Å². The maximum atomic E-state index is 12.8. The molecule has 2 unspecified atom stereocenters. The number of piperidine rings is 1. The zero-order chi connectivity index (χ0) is 20.4. The van der Waals surface area contributed by atoms with Crippen molar-refractivity contribution in [2.45, 2.75) is 44.4 Å². The van der Waals surface area contributed by atoms with Gasteiger partial charge in [0, 0.05) is 6.04 Å². The van der Waals surface area contributed by atoms with E-state index in [4.69, 9.17) is 16.3 Å². The molecule has 2 heterocycles. The maximum Gasteiger partial charge on any atom is 0.410 e. The van der Waals surface area contributed by atoms with E-state index in [0.717, 1.165) is 36.0 Å². The fraction of sp³-hybridized carbons (Fsp3) is 0.304. The van der Waals surface area contributed by atoms with Gasteiger partial charge in [0.2, 0.25) is 0 Å². The maximum absolute atomic E-state index is 12.8. The van der Waals surface area contributed by atoms with Gasteiger partial charge in [-0.05, 0) is 54.5 Å². The average molecular weight is 412 g/mol. The number of carbonyl (C=O) groups excluding carboxylic acids is 1. The summed E-state index contributed by atoms with van der Waals surface area (Å²) in [4.78, 5) is 26.1. The Labute approximate surface area is 174 Å². The lowest BCUT2D eigenvalue weighted by Gasteiger charge is -2.44. The van der Waals surface area contributed by atoms with Gasteiger partial charge in [0.15, 0.2) is 0 Å². The topological polar surface area (TPSA) is 66.8 Å². The molecule has 2 aliphatic heterocycles. The van der Waals surface area contributed by atoms with E-state index in [1.54, 1.807) is 12.1 Å². The quantitative estimate of drug-likeness (QED) is 0.732. The number of nitrogens with zero attached hydrogens (tertiary/aromatic N) is 1. The van der Waals surface area contributed by atoms with Crippen LogP contribution < -0.4 is 0 Å². The van der Waals surface area contributed by atoms with Gasteiger partial charge in [-0.1, -0.05) is 54.1 Å². The fourth-order valence-electron chi connectivity index (χ4n) is 4.21. The highest BCUT2D eigenvalue weighted by atomic mass is 35.5. The van der Waals surface area contributed by atoms with E-state index in [1.165, 1.54) is 0 Å². The molecule has 2 aliphatic rings. The van der Waals surface area contributed by atoms with Gasteiger partial charge in [-0.15, -0.1) is 0 Å². The Kier molecular flexibility index (Phi) is 5.58. The monoisotopic (exact) mass is 411 g/mol. The SMILES string of the molecule is O=C(O)c1cc(C2=CC3CCCC(C2)N3C(=O)OCc2ccccc2)ccc1Cl. The Bertz CT molecular complexity index is 957. The first kappa shape index (κ1) is 19.5. The van der Waals surface area contributed by atoms with Gasteiger partial charge < -0.3 is 9.84 Å². The first-order valence-corrected chi connectivity index (χ1v) is 10.1. The predicted molar refractivity (Wildman–Crippen MR) is 111 cm³/mol. The van der Waals surface area contributed by atoms with Crippen LogP contribution in [-0.2, 0) is 11.3 Å². The number of aromatic carboxylic acids is 1. The van der Waals surface area contributed by atoms with Crippen molar-refractivity contribution in [3.8, 4) is 0 Å². The van der Waals surface area contributed by atoms with E-state index < -0.39 is 5.97 Å². The zero-order valence-corrected chi connectivity index (χ0v) is 16.6. The van der Waals surface area contributed by atoms with E-state index in [1.807, 2.05) is 41.3 Å². The minimum Gasteiger partial charge on any atom is -0.478 e. The molecule has 2 aromatic carbocycles. The van der Waals surface area contributed by atoms with Gasteiger partial charge in [-0.2, -0.15) is 0 Å². The van der Waals surface area contributed by atoms with Crippen molar-refractivity contribution in [3.05, 3.63) is 76.3 Å². The summed E-state index contributed by atoms with van der Waals surface area (Å²) in [6, 6.07) is 14.7. The van der Waals surface area contributed by atoms with Crippen LogP contribution in [0.15, 0.2) is 54.6 Å². The molecular weight excluding hydrogens is 390 g/mol. The molecule has 0 aliphatic carbocycles. The van der Waals surface area contributed by atoms with Crippen LogP contribution in [0.2, 0.25) is 5.02 Å². The molecule has 150 valence electrons.